The van der Waals surface area contributed by atoms with E-state index in [-0.39, 0.29) is 11.7 Å². The molecule has 0 unspecified atom stereocenters. The summed E-state index contributed by atoms with van der Waals surface area (Å²) in [6.07, 6.45) is 1.71. The van der Waals surface area contributed by atoms with Gasteiger partial charge in [-0.3, -0.25) is 4.79 Å². The molecule has 0 saturated heterocycles. The average molecular weight is 374 g/mol. The Bertz CT molecular complexity index is 1120. The van der Waals surface area contributed by atoms with Gasteiger partial charge in [-0.05, 0) is 55.5 Å². The normalized spacial score (nSPS) is 10.9. The maximum atomic E-state index is 13.3. The number of amides is 1. The monoisotopic (exact) mass is 374 g/mol. The van der Waals surface area contributed by atoms with Gasteiger partial charge in [0.05, 0.1) is 0 Å². The number of hydrogen-bond acceptors (Lipinski definition) is 3. The minimum atomic E-state index is -0.296. The molecule has 28 heavy (non-hydrogen) atoms. The molecule has 1 N–H and O–H groups in total. The van der Waals surface area contributed by atoms with Crippen molar-refractivity contribution in [1.82, 2.24) is 19.9 Å². The molecule has 0 saturated carbocycles. The second-order valence-electron chi connectivity index (χ2n) is 6.56. The van der Waals surface area contributed by atoms with Crippen LogP contribution in [0.2, 0.25) is 0 Å². The van der Waals surface area contributed by atoms with E-state index in [1.165, 1.54) is 12.1 Å². The number of aromatic nitrogens is 3. The van der Waals surface area contributed by atoms with Gasteiger partial charge in [0.1, 0.15) is 17.2 Å². The summed E-state index contributed by atoms with van der Waals surface area (Å²) in [5, 5.41) is 2.93. The largest absolute Gasteiger partial charge is 0.350 e. The van der Waals surface area contributed by atoms with Crippen molar-refractivity contribution in [2.24, 2.45) is 0 Å². The molecule has 0 aliphatic carbocycles. The number of pyridine rings is 1. The van der Waals surface area contributed by atoms with Crippen LogP contribution in [-0.2, 0) is 6.54 Å². The first kappa shape index (κ1) is 17.9. The van der Waals surface area contributed by atoms with Crippen LogP contribution in [-0.4, -0.2) is 27.0 Å². The topological polar surface area (TPSA) is 59.8 Å². The van der Waals surface area contributed by atoms with Crippen molar-refractivity contribution < 1.29 is 9.18 Å². The van der Waals surface area contributed by atoms with Crippen molar-refractivity contribution in [3.05, 3.63) is 83.8 Å². The fraction of sp³-hybridized carbons (Fsp3) is 0.136. The van der Waals surface area contributed by atoms with E-state index in [0.29, 0.717) is 24.5 Å². The lowest BCUT2D eigenvalue weighted by molar-refractivity contribution is 0.0952. The summed E-state index contributed by atoms with van der Waals surface area (Å²) in [5.74, 6) is 0.272. The number of imidazole rings is 1. The van der Waals surface area contributed by atoms with E-state index in [0.717, 1.165) is 22.3 Å². The lowest BCUT2D eigenvalue weighted by Gasteiger charge is -2.10. The highest BCUT2D eigenvalue weighted by Crippen LogP contribution is 2.23. The SMILES string of the molecule is Cc1ccc(C(=O)NCCn2c(-c3ccc(F)cc3)nc3cccnc32)cc1. The maximum Gasteiger partial charge on any atom is 0.251 e. The standard InChI is InChI=1S/C22H19FN4O/c1-15-4-6-17(7-5-15)22(28)25-13-14-27-20(16-8-10-18(23)11-9-16)26-19-3-2-12-24-21(19)27/h2-12H,13-14H2,1H3,(H,25,28). The Balaban J connectivity index is 1.57. The summed E-state index contributed by atoms with van der Waals surface area (Å²) in [7, 11) is 0. The summed E-state index contributed by atoms with van der Waals surface area (Å²) in [4.78, 5) is 21.4. The molecule has 0 aliphatic heterocycles. The third-order valence-electron chi connectivity index (χ3n) is 4.54. The molecule has 2 heterocycles. The van der Waals surface area contributed by atoms with Crippen LogP contribution in [0.25, 0.3) is 22.6 Å². The number of aryl methyl sites for hydroxylation is 1. The minimum Gasteiger partial charge on any atom is -0.350 e. The van der Waals surface area contributed by atoms with Crippen LogP contribution in [0.3, 0.4) is 0 Å². The van der Waals surface area contributed by atoms with Gasteiger partial charge in [0, 0.05) is 30.4 Å². The van der Waals surface area contributed by atoms with Gasteiger partial charge in [-0.15, -0.1) is 0 Å². The van der Waals surface area contributed by atoms with E-state index in [9.17, 15) is 9.18 Å². The van der Waals surface area contributed by atoms with Gasteiger partial charge >= 0.3 is 0 Å². The first-order chi connectivity index (χ1) is 13.6. The molecule has 4 rings (SSSR count). The summed E-state index contributed by atoms with van der Waals surface area (Å²) in [6, 6.07) is 17.4. The lowest BCUT2D eigenvalue weighted by Crippen LogP contribution is -2.27. The quantitative estimate of drug-likeness (QED) is 0.575. The average Bonchev–Trinajstić information content (AvgIpc) is 3.08. The zero-order valence-electron chi connectivity index (χ0n) is 15.4. The van der Waals surface area contributed by atoms with Crippen LogP contribution in [0, 0.1) is 12.7 Å². The van der Waals surface area contributed by atoms with Gasteiger partial charge in [-0.1, -0.05) is 17.7 Å². The van der Waals surface area contributed by atoms with Crippen LogP contribution in [0.5, 0.6) is 0 Å². The second kappa shape index (κ2) is 7.60. The third-order valence-corrected chi connectivity index (χ3v) is 4.54. The lowest BCUT2D eigenvalue weighted by atomic mass is 10.1. The van der Waals surface area contributed by atoms with Crippen molar-refractivity contribution in [2.45, 2.75) is 13.5 Å². The second-order valence-corrected chi connectivity index (χ2v) is 6.56. The van der Waals surface area contributed by atoms with E-state index < -0.39 is 0 Å². The molecular formula is C22H19FN4O. The first-order valence-corrected chi connectivity index (χ1v) is 9.04. The van der Waals surface area contributed by atoms with Crippen molar-refractivity contribution in [3.63, 3.8) is 0 Å². The fourth-order valence-electron chi connectivity index (χ4n) is 3.08. The van der Waals surface area contributed by atoms with Gasteiger partial charge < -0.3 is 9.88 Å². The zero-order valence-corrected chi connectivity index (χ0v) is 15.4. The Morgan fingerprint density at radius 2 is 1.82 bits per heavy atom. The molecule has 4 aromatic rings. The molecule has 0 spiro atoms. The van der Waals surface area contributed by atoms with Gasteiger partial charge in [-0.2, -0.15) is 0 Å². The van der Waals surface area contributed by atoms with E-state index in [1.807, 2.05) is 47.9 Å². The molecule has 0 aliphatic rings. The van der Waals surface area contributed by atoms with E-state index >= 15 is 0 Å². The van der Waals surface area contributed by atoms with Crippen LogP contribution >= 0.6 is 0 Å². The highest BCUT2D eigenvalue weighted by atomic mass is 19.1. The molecule has 140 valence electrons. The van der Waals surface area contributed by atoms with Gasteiger partial charge in [-0.25, -0.2) is 14.4 Å². The summed E-state index contributed by atoms with van der Waals surface area (Å²) < 4.78 is 15.2. The number of carbonyl (C=O) groups excluding carboxylic acids is 1. The van der Waals surface area contributed by atoms with E-state index in [2.05, 4.69) is 15.3 Å². The van der Waals surface area contributed by atoms with Gasteiger partial charge in [0.25, 0.3) is 5.91 Å². The summed E-state index contributed by atoms with van der Waals surface area (Å²) in [6.45, 7) is 2.90. The summed E-state index contributed by atoms with van der Waals surface area (Å²) in [5.41, 5.74) is 4.01. The van der Waals surface area contributed by atoms with Crippen molar-refractivity contribution in [3.8, 4) is 11.4 Å². The first-order valence-electron chi connectivity index (χ1n) is 9.04. The zero-order chi connectivity index (χ0) is 19.5. The third kappa shape index (κ3) is 3.62. The highest BCUT2D eigenvalue weighted by molar-refractivity contribution is 5.94. The number of benzene rings is 2. The maximum absolute atomic E-state index is 13.3. The number of carbonyl (C=O) groups is 1. The van der Waals surface area contributed by atoms with Crippen LogP contribution in [0.1, 0.15) is 15.9 Å². The Hall–Kier alpha value is -3.54. The number of nitrogens with one attached hydrogen (secondary N) is 1. The van der Waals surface area contributed by atoms with Crippen molar-refractivity contribution in [2.75, 3.05) is 6.54 Å². The Labute approximate surface area is 161 Å². The predicted octanol–water partition coefficient (Wildman–Crippen LogP) is 3.98. The van der Waals surface area contributed by atoms with Crippen LogP contribution < -0.4 is 5.32 Å². The molecule has 0 fully saturated rings. The molecule has 1 amide bonds. The molecule has 0 bridgehead atoms. The molecule has 0 atom stereocenters. The Morgan fingerprint density at radius 3 is 2.57 bits per heavy atom. The van der Waals surface area contributed by atoms with Gasteiger partial charge in [0.15, 0.2) is 5.65 Å². The molecule has 6 heteroatoms. The van der Waals surface area contributed by atoms with Crippen molar-refractivity contribution >= 4 is 17.1 Å². The fourth-order valence-corrected chi connectivity index (χ4v) is 3.08. The number of fused-ring (bicyclic) bond motifs is 1. The molecule has 2 aromatic heterocycles. The Kier molecular flexibility index (Phi) is 4.85. The van der Waals surface area contributed by atoms with Crippen LogP contribution in [0.15, 0.2) is 66.9 Å². The Morgan fingerprint density at radius 1 is 1.07 bits per heavy atom. The molecular weight excluding hydrogens is 355 g/mol. The summed E-state index contributed by atoms with van der Waals surface area (Å²) >= 11 is 0. The van der Waals surface area contributed by atoms with Crippen LogP contribution in [0.4, 0.5) is 4.39 Å². The minimum absolute atomic E-state index is 0.124. The number of halogens is 1. The predicted molar refractivity (Wildman–Crippen MR) is 106 cm³/mol. The molecule has 5 nitrogen and oxygen atoms in total. The number of hydrogen-bond donors (Lipinski definition) is 1. The van der Waals surface area contributed by atoms with Gasteiger partial charge in [0.2, 0.25) is 0 Å². The smallest absolute Gasteiger partial charge is 0.251 e. The molecule has 0 radical (unpaired) electrons. The highest BCUT2D eigenvalue weighted by Gasteiger charge is 2.14. The number of nitrogens with zero attached hydrogens (tertiary/aromatic N) is 3. The number of rotatable bonds is 5. The van der Waals surface area contributed by atoms with E-state index in [1.54, 1.807) is 18.3 Å². The van der Waals surface area contributed by atoms with E-state index in [4.69, 9.17) is 0 Å². The van der Waals surface area contributed by atoms with Crippen molar-refractivity contribution in [1.29, 1.82) is 0 Å². The molecule has 2 aromatic carbocycles.